The Morgan fingerprint density at radius 3 is 2.00 bits per heavy atom. The lowest BCUT2D eigenvalue weighted by molar-refractivity contribution is -0.00792. The molecule has 2 bridgehead atoms. The summed E-state index contributed by atoms with van der Waals surface area (Å²) in [5.74, 6) is 1.34. The maximum Gasteiger partial charge on any atom is 0.0655 e. The molecule has 64 valence electrons. The van der Waals surface area contributed by atoms with Gasteiger partial charge >= 0.3 is 0 Å². The van der Waals surface area contributed by atoms with Crippen LogP contribution in [0.3, 0.4) is 0 Å². The molecule has 2 aliphatic rings. The third-order valence-corrected chi connectivity index (χ3v) is 4.16. The fourth-order valence-corrected chi connectivity index (χ4v) is 3.51. The molecule has 11 heavy (non-hydrogen) atoms. The van der Waals surface area contributed by atoms with Gasteiger partial charge in [0.15, 0.2) is 0 Å². The second-order valence-electron chi connectivity index (χ2n) is 5.21. The topological polar surface area (TPSA) is 20.2 Å². The summed E-state index contributed by atoms with van der Waals surface area (Å²) in [6.45, 7) is 6.65. The van der Waals surface area contributed by atoms with Crippen LogP contribution in [0.25, 0.3) is 0 Å². The lowest BCUT2D eigenvalue weighted by Crippen LogP contribution is -2.33. The summed E-state index contributed by atoms with van der Waals surface area (Å²) in [6.07, 6.45) is 3.61. The second-order valence-corrected chi connectivity index (χ2v) is 5.21. The summed E-state index contributed by atoms with van der Waals surface area (Å²) in [4.78, 5) is 0. The van der Waals surface area contributed by atoms with Crippen LogP contribution in [0, 0.1) is 17.3 Å². The minimum absolute atomic E-state index is 0.355. The van der Waals surface area contributed by atoms with E-state index in [4.69, 9.17) is 0 Å². The van der Waals surface area contributed by atoms with Gasteiger partial charge in [0.25, 0.3) is 0 Å². The van der Waals surface area contributed by atoms with Crippen molar-refractivity contribution >= 4 is 0 Å². The molecule has 0 heterocycles. The van der Waals surface area contributed by atoms with Gasteiger partial charge in [-0.3, -0.25) is 0 Å². The van der Waals surface area contributed by atoms with Crippen LogP contribution >= 0.6 is 0 Å². The van der Waals surface area contributed by atoms with Crippen molar-refractivity contribution in [2.45, 2.75) is 45.6 Å². The standard InChI is InChI=1S/C10H18O/c1-9(2)7-4-5-8(9)10(3,11)6-7/h7-8,11H,4-6H2,1-3H3/t7-,8-,10+/m1/s1. The van der Waals surface area contributed by atoms with E-state index in [1.807, 2.05) is 6.92 Å². The lowest BCUT2D eigenvalue weighted by atomic mass is 9.79. The van der Waals surface area contributed by atoms with Crippen molar-refractivity contribution in [3.63, 3.8) is 0 Å². The number of aliphatic hydroxyl groups is 1. The van der Waals surface area contributed by atoms with Gasteiger partial charge in [0.05, 0.1) is 5.60 Å². The van der Waals surface area contributed by atoms with Crippen LogP contribution < -0.4 is 0 Å². The van der Waals surface area contributed by atoms with Crippen LogP contribution in [0.5, 0.6) is 0 Å². The Labute approximate surface area is 68.8 Å². The molecule has 0 aliphatic heterocycles. The number of hydrogen-bond acceptors (Lipinski definition) is 1. The molecule has 0 amide bonds. The summed E-state index contributed by atoms with van der Waals surface area (Å²) < 4.78 is 0. The van der Waals surface area contributed by atoms with Gasteiger partial charge in [-0.2, -0.15) is 0 Å². The van der Waals surface area contributed by atoms with Crippen molar-refractivity contribution in [1.29, 1.82) is 0 Å². The first-order chi connectivity index (χ1) is 4.94. The molecule has 1 heteroatoms. The Morgan fingerprint density at radius 2 is 1.82 bits per heavy atom. The Morgan fingerprint density at radius 1 is 1.18 bits per heavy atom. The smallest absolute Gasteiger partial charge is 0.0655 e. The number of rotatable bonds is 0. The van der Waals surface area contributed by atoms with E-state index in [9.17, 15) is 5.11 Å². The third kappa shape index (κ3) is 0.807. The van der Waals surface area contributed by atoms with Gasteiger partial charge in [-0.05, 0) is 43.4 Å². The van der Waals surface area contributed by atoms with E-state index in [0.717, 1.165) is 12.3 Å². The molecule has 2 rings (SSSR count). The number of fused-ring (bicyclic) bond motifs is 2. The first kappa shape index (κ1) is 7.60. The third-order valence-electron chi connectivity index (χ3n) is 4.16. The number of hydrogen-bond donors (Lipinski definition) is 1. The molecule has 1 nitrogen and oxygen atoms in total. The van der Waals surface area contributed by atoms with Gasteiger partial charge in [0, 0.05) is 0 Å². The van der Waals surface area contributed by atoms with Gasteiger partial charge in [0.1, 0.15) is 0 Å². The lowest BCUT2D eigenvalue weighted by Gasteiger charge is -2.31. The molecule has 3 atom stereocenters. The Kier molecular flexibility index (Phi) is 1.26. The van der Waals surface area contributed by atoms with Crippen LogP contribution in [0.4, 0.5) is 0 Å². The highest BCUT2D eigenvalue weighted by molar-refractivity contribution is 5.08. The monoisotopic (exact) mass is 154 g/mol. The summed E-state index contributed by atoms with van der Waals surface area (Å²) >= 11 is 0. The minimum Gasteiger partial charge on any atom is -0.390 e. The quantitative estimate of drug-likeness (QED) is 0.567. The van der Waals surface area contributed by atoms with E-state index in [1.165, 1.54) is 12.8 Å². The average Bonchev–Trinajstić information content (AvgIpc) is 2.15. The summed E-state index contributed by atoms with van der Waals surface area (Å²) in [6, 6.07) is 0. The van der Waals surface area contributed by atoms with E-state index < -0.39 is 0 Å². The largest absolute Gasteiger partial charge is 0.390 e. The van der Waals surface area contributed by atoms with Gasteiger partial charge < -0.3 is 5.11 Å². The molecule has 0 spiro atoms. The van der Waals surface area contributed by atoms with E-state index in [-0.39, 0.29) is 5.60 Å². The Hall–Kier alpha value is -0.0400. The van der Waals surface area contributed by atoms with Crippen LogP contribution in [-0.2, 0) is 0 Å². The van der Waals surface area contributed by atoms with Gasteiger partial charge in [0.2, 0.25) is 0 Å². The van der Waals surface area contributed by atoms with Crippen LogP contribution in [0.2, 0.25) is 0 Å². The summed E-state index contributed by atoms with van der Waals surface area (Å²) in [5.41, 5.74) is 0.0515. The van der Waals surface area contributed by atoms with Crippen molar-refractivity contribution in [3.8, 4) is 0 Å². The van der Waals surface area contributed by atoms with Gasteiger partial charge in [-0.15, -0.1) is 0 Å². The van der Waals surface area contributed by atoms with Crippen molar-refractivity contribution in [2.75, 3.05) is 0 Å². The molecule has 0 aromatic heterocycles. The molecule has 1 N–H and O–H groups in total. The first-order valence-electron chi connectivity index (χ1n) is 4.67. The highest BCUT2D eigenvalue weighted by atomic mass is 16.3. The zero-order valence-corrected chi connectivity index (χ0v) is 7.72. The zero-order valence-electron chi connectivity index (χ0n) is 7.72. The van der Waals surface area contributed by atoms with E-state index in [1.54, 1.807) is 0 Å². The Bertz CT molecular complexity index is 181. The average molecular weight is 154 g/mol. The molecule has 0 aromatic rings. The highest BCUT2D eigenvalue weighted by Gasteiger charge is 2.58. The van der Waals surface area contributed by atoms with Gasteiger partial charge in [-0.25, -0.2) is 0 Å². The predicted molar refractivity (Wildman–Crippen MR) is 45.2 cm³/mol. The van der Waals surface area contributed by atoms with Crippen LogP contribution in [0.15, 0.2) is 0 Å². The second kappa shape index (κ2) is 1.82. The molecule has 0 unspecified atom stereocenters. The fourth-order valence-electron chi connectivity index (χ4n) is 3.51. The molecule has 2 fully saturated rings. The van der Waals surface area contributed by atoms with E-state index in [0.29, 0.717) is 11.3 Å². The SMILES string of the molecule is CC1(C)[C@@H]2CC[C@H]1[C@@](C)(O)C2. The van der Waals surface area contributed by atoms with Crippen molar-refractivity contribution in [2.24, 2.45) is 17.3 Å². The normalized spacial score (nSPS) is 53.5. The molecule has 0 saturated heterocycles. The molecular weight excluding hydrogens is 136 g/mol. The maximum absolute atomic E-state index is 10.0. The maximum atomic E-state index is 10.0. The Balaban J connectivity index is 2.33. The summed E-state index contributed by atoms with van der Waals surface area (Å²) in [7, 11) is 0. The molecule has 0 radical (unpaired) electrons. The summed E-state index contributed by atoms with van der Waals surface area (Å²) in [5, 5.41) is 10.0. The fraction of sp³-hybridized carbons (Fsp3) is 1.00. The van der Waals surface area contributed by atoms with E-state index in [2.05, 4.69) is 13.8 Å². The predicted octanol–water partition coefficient (Wildman–Crippen LogP) is 2.19. The van der Waals surface area contributed by atoms with E-state index >= 15 is 0 Å². The van der Waals surface area contributed by atoms with Crippen molar-refractivity contribution in [1.82, 2.24) is 0 Å². The van der Waals surface area contributed by atoms with Crippen LogP contribution in [-0.4, -0.2) is 10.7 Å². The minimum atomic E-state index is -0.355. The zero-order chi connectivity index (χ0) is 8.28. The molecular formula is C10H18O. The van der Waals surface area contributed by atoms with Crippen molar-refractivity contribution < 1.29 is 5.11 Å². The molecule has 2 saturated carbocycles. The van der Waals surface area contributed by atoms with Crippen LogP contribution in [0.1, 0.15) is 40.0 Å². The highest BCUT2D eigenvalue weighted by Crippen LogP contribution is 2.61. The van der Waals surface area contributed by atoms with Gasteiger partial charge in [-0.1, -0.05) is 13.8 Å². The van der Waals surface area contributed by atoms with Crippen molar-refractivity contribution in [3.05, 3.63) is 0 Å². The molecule has 0 aromatic carbocycles. The molecule has 2 aliphatic carbocycles. The first-order valence-corrected chi connectivity index (χ1v) is 4.67.